The molecule has 0 saturated carbocycles. The van der Waals surface area contributed by atoms with Crippen LogP contribution >= 0.6 is 0 Å². The molecular formula is C13H17F3N2O. The number of benzene rings is 1. The summed E-state index contributed by atoms with van der Waals surface area (Å²) in [5.74, 6) is -1.97. The summed E-state index contributed by atoms with van der Waals surface area (Å²) in [6, 6.07) is 6.26. The number of halogens is 3. The van der Waals surface area contributed by atoms with Crippen LogP contribution in [-0.2, 0) is 11.2 Å². The largest absolute Gasteiger partial charge is 0.471 e. The standard InChI is InChI=1S/C13H17F3N2O/c1-2-3-10(17)8-9-4-6-11(7-5-9)18-12(19)13(14,15)16/h4-7,10H,2-3,8,17H2,1H3,(H,18,19). The summed E-state index contributed by atoms with van der Waals surface area (Å²) in [7, 11) is 0. The summed E-state index contributed by atoms with van der Waals surface area (Å²) in [5, 5.41) is 1.79. The summed E-state index contributed by atoms with van der Waals surface area (Å²) >= 11 is 0. The van der Waals surface area contributed by atoms with Crippen LogP contribution in [0.4, 0.5) is 18.9 Å². The molecule has 3 nitrogen and oxygen atoms in total. The van der Waals surface area contributed by atoms with Gasteiger partial charge >= 0.3 is 12.1 Å². The van der Waals surface area contributed by atoms with E-state index in [1.807, 2.05) is 6.92 Å². The van der Waals surface area contributed by atoms with Crippen molar-refractivity contribution in [3.8, 4) is 0 Å². The molecule has 0 aromatic heterocycles. The summed E-state index contributed by atoms with van der Waals surface area (Å²) < 4.78 is 36.1. The minimum absolute atomic E-state index is 0.0422. The van der Waals surface area contributed by atoms with Crippen molar-refractivity contribution in [3.05, 3.63) is 29.8 Å². The lowest BCUT2D eigenvalue weighted by Crippen LogP contribution is -2.29. The Bertz CT molecular complexity index is 415. The second kappa shape index (κ2) is 6.56. The van der Waals surface area contributed by atoms with Crippen LogP contribution in [0.5, 0.6) is 0 Å². The number of alkyl halides is 3. The fraction of sp³-hybridized carbons (Fsp3) is 0.462. The first kappa shape index (κ1) is 15.5. The maximum atomic E-state index is 12.0. The minimum Gasteiger partial charge on any atom is -0.327 e. The average Bonchev–Trinajstić information content (AvgIpc) is 2.30. The van der Waals surface area contributed by atoms with Crippen molar-refractivity contribution >= 4 is 11.6 Å². The van der Waals surface area contributed by atoms with Gasteiger partial charge in [0.1, 0.15) is 0 Å². The predicted molar refractivity (Wildman–Crippen MR) is 67.7 cm³/mol. The number of nitrogens with one attached hydrogen (secondary N) is 1. The van der Waals surface area contributed by atoms with E-state index in [0.29, 0.717) is 6.42 Å². The first-order valence-corrected chi connectivity index (χ1v) is 6.05. The van der Waals surface area contributed by atoms with Gasteiger partial charge in [0, 0.05) is 11.7 Å². The van der Waals surface area contributed by atoms with Gasteiger partial charge in [-0.2, -0.15) is 13.2 Å². The molecule has 1 amide bonds. The van der Waals surface area contributed by atoms with Crippen molar-refractivity contribution in [2.45, 2.75) is 38.4 Å². The Morgan fingerprint density at radius 1 is 1.32 bits per heavy atom. The van der Waals surface area contributed by atoms with Crippen LogP contribution < -0.4 is 11.1 Å². The Morgan fingerprint density at radius 2 is 1.89 bits per heavy atom. The van der Waals surface area contributed by atoms with Crippen molar-refractivity contribution in [1.29, 1.82) is 0 Å². The van der Waals surface area contributed by atoms with Crippen molar-refractivity contribution in [2.24, 2.45) is 5.73 Å². The quantitative estimate of drug-likeness (QED) is 0.867. The lowest BCUT2D eigenvalue weighted by atomic mass is 10.0. The Morgan fingerprint density at radius 3 is 2.37 bits per heavy atom. The number of amides is 1. The van der Waals surface area contributed by atoms with Crippen molar-refractivity contribution in [2.75, 3.05) is 5.32 Å². The number of hydrogen-bond donors (Lipinski definition) is 2. The molecule has 3 N–H and O–H groups in total. The monoisotopic (exact) mass is 274 g/mol. The molecule has 0 aliphatic rings. The highest BCUT2D eigenvalue weighted by Crippen LogP contribution is 2.18. The molecule has 0 spiro atoms. The van der Waals surface area contributed by atoms with E-state index >= 15 is 0 Å². The van der Waals surface area contributed by atoms with Gasteiger partial charge in [-0.25, -0.2) is 0 Å². The summed E-state index contributed by atoms with van der Waals surface area (Å²) in [4.78, 5) is 10.7. The van der Waals surface area contributed by atoms with E-state index in [1.165, 1.54) is 12.1 Å². The molecule has 0 saturated heterocycles. The van der Waals surface area contributed by atoms with Crippen LogP contribution in [-0.4, -0.2) is 18.1 Å². The van der Waals surface area contributed by atoms with Crippen LogP contribution in [0.1, 0.15) is 25.3 Å². The van der Waals surface area contributed by atoms with E-state index in [9.17, 15) is 18.0 Å². The zero-order valence-electron chi connectivity index (χ0n) is 10.6. The predicted octanol–water partition coefficient (Wildman–Crippen LogP) is 2.86. The lowest BCUT2D eigenvalue weighted by molar-refractivity contribution is -0.167. The third-order valence-corrected chi connectivity index (χ3v) is 2.63. The molecule has 106 valence electrons. The molecular weight excluding hydrogens is 257 g/mol. The van der Waals surface area contributed by atoms with Gasteiger partial charge in [0.2, 0.25) is 0 Å². The summed E-state index contributed by atoms with van der Waals surface area (Å²) in [6.07, 6.45) is -2.32. The van der Waals surface area contributed by atoms with Gasteiger partial charge in [-0.1, -0.05) is 25.5 Å². The average molecular weight is 274 g/mol. The Hall–Kier alpha value is -1.56. The Labute approximate surface area is 110 Å². The maximum Gasteiger partial charge on any atom is 0.471 e. The zero-order valence-corrected chi connectivity index (χ0v) is 10.6. The molecule has 0 aliphatic heterocycles. The van der Waals surface area contributed by atoms with E-state index < -0.39 is 12.1 Å². The number of carbonyl (C=O) groups is 1. The normalized spacial score (nSPS) is 13.1. The molecule has 0 aliphatic carbocycles. The lowest BCUT2D eigenvalue weighted by Gasteiger charge is -2.11. The third-order valence-electron chi connectivity index (χ3n) is 2.63. The highest BCUT2D eigenvalue weighted by atomic mass is 19.4. The summed E-state index contributed by atoms with van der Waals surface area (Å²) in [5.41, 5.74) is 6.93. The number of nitrogens with two attached hydrogens (primary N) is 1. The fourth-order valence-corrected chi connectivity index (χ4v) is 1.70. The second-order valence-corrected chi connectivity index (χ2v) is 4.40. The molecule has 1 unspecified atom stereocenters. The first-order valence-electron chi connectivity index (χ1n) is 6.05. The van der Waals surface area contributed by atoms with E-state index in [2.05, 4.69) is 0 Å². The van der Waals surface area contributed by atoms with Crippen molar-refractivity contribution in [1.82, 2.24) is 0 Å². The summed E-state index contributed by atoms with van der Waals surface area (Å²) in [6.45, 7) is 2.04. The molecule has 1 rings (SSSR count). The second-order valence-electron chi connectivity index (χ2n) is 4.40. The number of anilines is 1. The smallest absolute Gasteiger partial charge is 0.327 e. The fourth-order valence-electron chi connectivity index (χ4n) is 1.70. The van der Waals surface area contributed by atoms with E-state index in [0.717, 1.165) is 18.4 Å². The van der Waals surface area contributed by atoms with Gasteiger partial charge in [0.25, 0.3) is 0 Å². The highest BCUT2D eigenvalue weighted by Gasteiger charge is 2.38. The molecule has 1 aromatic rings. The van der Waals surface area contributed by atoms with Crippen molar-refractivity contribution in [3.63, 3.8) is 0 Å². The van der Waals surface area contributed by atoms with Crippen LogP contribution in [0.25, 0.3) is 0 Å². The van der Waals surface area contributed by atoms with E-state index in [-0.39, 0.29) is 11.7 Å². The van der Waals surface area contributed by atoms with Gasteiger partial charge in [-0.05, 0) is 30.5 Å². The molecule has 6 heteroatoms. The minimum atomic E-state index is -4.87. The van der Waals surface area contributed by atoms with Gasteiger partial charge in [-0.3, -0.25) is 4.79 Å². The SMILES string of the molecule is CCCC(N)Cc1ccc(NC(=O)C(F)(F)F)cc1. The van der Waals surface area contributed by atoms with Gasteiger partial charge < -0.3 is 11.1 Å². The Balaban J connectivity index is 2.59. The molecule has 0 radical (unpaired) electrons. The van der Waals surface area contributed by atoms with Crippen molar-refractivity contribution < 1.29 is 18.0 Å². The maximum absolute atomic E-state index is 12.0. The van der Waals surface area contributed by atoms with Crippen LogP contribution in [0, 0.1) is 0 Å². The van der Waals surface area contributed by atoms with Crippen LogP contribution in [0.15, 0.2) is 24.3 Å². The molecule has 0 bridgehead atoms. The number of hydrogen-bond acceptors (Lipinski definition) is 2. The molecule has 19 heavy (non-hydrogen) atoms. The number of carbonyl (C=O) groups excluding carboxylic acids is 1. The van der Waals surface area contributed by atoms with Gasteiger partial charge in [0.15, 0.2) is 0 Å². The molecule has 1 atom stereocenters. The van der Waals surface area contributed by atoms with Crippen LogP contribution in [0.2, 0.25) is 0 Å². The Kier molecular flexibility index (Phi) is 5.35. The molecule has 1 aromatic carbocycles. The van der Waals surface area contributed by atoms with Gasteiger partial charge in [0.05, 0.1) is 0 Å². The van der Waals surface area contributed by atoms with Gasteiger partial charge in [-0.15, -0.1) is 0 Å². The molecule has 0 heterocycles. The molecule has 0 fully saturated rings. The van der Waals surface area contributed by atoms with E-state index in [4.69, 9.17) is 5.73 Å². The van der Waals surface area contributed by atoms with Crippen LogP contribution in [0.3, 0.4) is 0 Å². The third kappa shape index (κ3) is 5.30. The first-order chi connectivity index (χ1) is 8.82. The number of rotatable bonds is 5. The highest BCUT2D eigenvalue weighted by molar-refractivity contribution is 5.94. The topological polar surface area (TPSA) is 55.1 Å². The van der Waals surface area contributed by atoms with E-state index in [1.54, 1.807) is 17.4 Å². The zero-order chi connectivity index (χ0) is 14.5.